The van der Waals surface area contributed by atoms with Crippen molar-refractivity contribution in [2.45, 2.75) is 54.1 Å². The van der Waals surface area contributed by atoms with Crippen LogP contribution in [0.3, 0.4) is 0 Å². The van der Waals surface area contributed by atoms with E-state index in [4.69, 9.17) is 4.74 Å². The van der Waals surface area contributed by atoms with Gasteiger partial charge in [0.15, 0.2) is 0 Å². The topological polar surface area (TPSA) is 15.7 Å². The third-order valence-corrected chi connectivity index (χ3v) is 5.63. The molecule has 0 saturated carbocycles. The quantitative estimate of drug-likeness (QED) is 0.405. The molecule has 0 radical (unpaired) electrons. The molecule has 29 heavy (non-hydrogen) atoms. The standard InChI is InChI=1S/C26H40N2O/c1-7-27(8-2)24-15-11-22(12-16-24)26(29-20-19-21(5)6)23-13-17-25(18-14-23)28(9-3)10-4/h11-18,21,26H,7-10,19-20H2,1-6H3. The van der Waals surface area contributed by atoms with E-state index in [9.17, 15) is 0 Å². The molecule has 0 bridgehead atoms. The maximum atomic E-state index is 6.40. The van der Waals surface area contributed by atoms with Crippen molar-refractivity contribution in [1.29, 1.82) is 0 Å². The van der Waals surface area contributed by atoms with E-state index in [0.29, 0.717) is 5.92 Å². The van der Waals surface area contributed by atoms with E-state index in [1.165, 1.54) is 22.5 Å². The molecule has 3 nitrogen and oxygen atoms in total. The molecule has 0 N–H and O–H groups in total. The maximum absolute atomic E-state index is 6.40. The molecule has 0 atom stereocenters. The van der Waals surface area contributed by atoms with E-state index in [1.54, 1.807) is 0 Å². The zero-order valence-corrected chi connectivity index (χ0v) is 19.3. The summed E-state index contributed by atoms with van der Waals surface area (Å²) in [7, 11) is 0. The summed E-state index contributed by atoms with van der Waals surface area (Å²) in [6.45, 7) is 18.2. The Morgan fingerprint density at radius 2 is 1.03 bits per heavy atom. The summed E-state index contributed by atoms with van der Waals surface area (Å²) in [5, 5.41) is 0. The van der Waals surface area contributed by atoms with Gasteiger partial charge in [0.1, 0.15) is 6.10 Å². The van der Waals surface area contributed by atoms with Crippen molar-refractivity contribution < 1.29 is 4.74 Å². The van der Waals surface area contributed by atoms with E-state index >= 15 is 0 Å². The molecule has 2 rings (SSSR count). The van der Waals surface area contributed by atoms with Crippen molar-refractivity contribution >= 4 is 11.4 Å². The van der Waals surface area contributed by atoms with Gasteiger partial charge in [0.05, 0.1) is 0 Å². The molecule has 0 spiro atoms. The lowest BCUT2D eigenvalue weighted by Gasteiger charge is -2.25. The maximum Gasteiger partial charge on any atom is 0.108 e. The lowest BCUT2D eigenvalue weighted by Crippen LogP contribution is -2.22. The van der Waals surface area contributed by atoms with Crippen LogP contribution in [0.1, 0.15) is 65.2 Å². The van der Waals surface area contributed by atoms with Gasteiger partial charge in [-0.1, -0.05) is 38.1 Å². The molecule has 3 heteroatoms. The smallest absolute Gasteiger partial charge is 0.108 e. The molecule has 0 aliphatic carbocycles. The number of hydrogen-bond acceptors (Lipinski definition) is 3. The summed E-state index contributed by atoms with van der Waals surface area (Å²) < 4.78 is 6.40. The van der Waals surface area contributed by atoms with E-state index < -0.39 is 0 Å². The monoisotopic (exact) mass is 396 g/mol. The molecule has 0 fully saturated rings. The first kappa shape index (κ1) is 23.3. The van der Waals surface area contributed by atoms with Gasteiger partial charge in [-0.05, 0) is 75.4 Å². The van der Waals surface area contributed by atoms with Crippen molar-refractivity contribution in [3.63, 3.8) is 0 Å². The number of ether oxygens (including phenoxy) is 1. The Bertz CT molecular complexity index is 630. The molecule has 160 valence electrons. The number of anilines is 2. The minimum absolute atomic E-state index is 0.0229. The highest BCUT2D eigenvalue weighted by Crippen LogP contribution is 2.30. The van der Waals surface area contributed by atoms with Gasteiger partial charge in [-0.2, -0.15) is 0 Å². The molecule has 0 aliphatic rings. The van der Waals surface area contributed by atoms with Crippen molar-refractivity contribution in [2.75, 3.05) is 42.6 Å². The van der Waals surface area contributed by atoms with E-state index in [2.05, 4.69) is 99.9 Å². The molecular weight excluding hydrogens is 356 g/mol. The normalized spacial score (nSPS) is 11.3. The first-order valence-corrected chi connectivity index (χ1v) is 11.3. The summed E-state index contributed by atoms with van der Waals surface area (Å²) in [6, 6.07) is 17.8. The fourth-order valence-electron chi connectivity index (χ4n) is 3.70. The first-order valence-electron chi connectivity index (χ1n) is 11.3. The number of rotatable bonds is 12. The zero-order valence-electron chi connectivity index (χ0n) is 19.3. The van der Waals surface area contributed by atoms with Gasteiger partial charge in [0, 0.05) is 44.2 Å². The van der Waals surface area contributed by atoms with Crippen LogP contribution in [-0.4, -0.2) is 32.8 Å². The predicted octanol–water partition coefficient (Wildman–Crippen LogP) is 6.53. The second kappa shape index (κ2) is 11.9. The lowest BCUT2D eigenvalue weighted by atomic mass is 10.00. The minimum Gasteiger partial charge on any atom is -0.372 e. The molecule has 2 aromatic rings. The number of nitrogens with zero attached hydrogens (tertiary/aromatic N) is 2. The molecule has 0 aromatic heterocycles. The highest BCUT2D eigenvalue weighted by Gasteiger charge is 2.16. The van der Waals surface area contributed by atoms with E-state index in [-0.39, 0.29) is 6.10 Å². The Hall–Kier alpha value is -2.00. The van der Waals surface area contributed by atoms with Crippen LogP contribution >= 0.6 is 0 Å². The van der Waals surface area contributed by atoms with Crippen molar-refractivity contribution in [1.82, 2.24) is 0 Å². The van der Waals surface area contributed by atoms with Gasteiger partial charge in [0.25, 0.3) is 0 Å². The molecule has 0 heterocycles. The Morgan fingerprint density at radius 3 is 1.34 bits per heavy atom. The highest BCUT2D eigenvalue weighted by atomic mass is 16.5. The van der Waals surface area contributed by atoms with Crippen LogP contribution in [0.4, 0.5) is 11.4 Å². The van der Waals surface area contributed by atoms with Crippen LogP contribution < -0.4 is 9.80 Å². The second-order valence-corrected chi connectivity index (χ2v) is 7.96. The minimum atomic E-state index is -0.0229. The Labute approximate surface area is 178 Å². The zero-order chi connectivity index (χ0) is 21.2. The van der Waals surface area contributed by atoms with Crippen LogP contribution in [0, 0.1) is 5.92 Å². The average Bonchev–Trinajstić information content (AvgIpc) is 2.74. The Kier molecular flexibility index (Phi) is 9.53. The molecular formula is C26H40N2O. The third-order valence-electron chi connectivity index (χ3n) is 5.63. The summed E-state index contributed by atoms with van der Waals surface area (Å²) in [5.41, 5.74) is 4.99. The average molecular weight is 397 g/mol. The molecule has 0 unspecified atom stereocenters. The van der Waals surface area contributed by atoms with Crippen LogP contribution in [-0.2, 0) is 4.74 Å². The molecule has 0 amide bonds. The van der Waals surface area contributed by atoms with Gasteiger partial charge in [-0.3, -0.25) is 0 Å². The lowest BCUT2D eigenvalue weighted by molar-refractivity contribution is 0.0720. The van der Waals surface area contributed by atoms with Crippen LogP contribution in [0.5, 0.6) is 0 Å². The molecule has 0 saturated heterocycles. The second-order valence-electron chi connectivity index (χ2n) is 7.96. The number of benzene rings is 2. The largest absolute Gasteiger partial charge is 0.372 e. The van der Waals surface area contributed by atoms with Crippen molar-refractivity contribution in [3.8, 4) is 0 Å². The van der Waals surface area contributed by atoms with Gasteiger partial charge in [-0.25, -0.2) is 0 Å². The number of hydrogen-bond donors (Lipinski definition) is 0. The van der Waals surface area contributed by atoms with Crippen LogP contribution in [0.25, 0.3) is 0 Å². The fourth-order valence-corrected chi connectivity index (χ4v) is 3.70. The van der Waals surface area contributed by atoms with E-state index in [1.807, 2.05) is 0 Å². The fraction of sp³-hybridized carbons (Fsp3) is 0.538. The van der Waals surface area contributed by atoms with Gasteiger partial charge in [0.2, 0.25) is 0 Å². The van der Waals surface area contributed by atoms with Gasteiger partial charge in [-0.15, -0.1) is 0 Å². The van der Waals surface area contributed by atoms with Crippen LogP contribution in [0.15, 0.2) is 48.5 Å². The van der Waals surface area contributed by atoms with Gasteiger partial charge >= 0.3 is 0 Å². The Balaban J connectivity index is 2.26. The predicted molar refractivity (Wildman–Crippen MR) is 127 cm³/mol. The highest BCUT2D eigenvalue weighted by molar-refractivity contribution is 5.51. The van der Waals surface area contributed by atoms with Crippen molar-refractivity contribution in [3.05, 3.63) is 59.7 Å². The summed E-state index contributed by atoms with van der Waals surface area (Å²) >= 11 is 0. The van der Waals surface area contributed by atoms with Crippen molar-refractivity contribution in [2.24, 2.45) is 5.92 Å². The Morgan fingerprint density at radius 1 is 0.655 bits per heavy atom. The summed E-state index contributed by atoms with van der Waals surface area (Å²) in [5.74, 6) is 0.644. The van der Waals surface area contributed by atoms with Crippen LogP contribution in [0.2, 0.25) is 0 Å². The van der Waals surface area contributed by atoms with E-state index in [0.717, 1.165) is 39.2 Å². The van der Waals surface area contributed by atoms with Gasteiger partial charge < -0.3 is 14.5 Å². The summed E-state index contributed by atoms with van der Waals surface area (Å²) in [6.07, 6.45) is 1.05. The summed E-state index contributed by atoms with van der Waals surface area (Å²) in [4.78, 5) is 4.74. The first-order chi connectivity index (χ1) is 14.0. The third kappa shape index (κ3) is 6.50. The molecule has 0 aliphatic heterocycles. The SMILES string of the molecule is CCN(CC)c1ccc(C(OCCC(C)C)c2ccc(N(CC)CC)cc2)cc1. The molecule has 2 aromatic carbocycles.